The van der Waals surface area contributed by atoms with E-state index in [1.165, 1.54) is 30.0 Å². The van der Waals surface area contributed by atoms with Crippen molar-refractivity contribution in [1.82, 2.24) is 28.6 Å². The predicted molar refractivity (Wildman–Crippen MR) is 241 cm³/mol. The van der Waals surface area contributed by atoms with Gasteiger partial charge < -0.3 is 43.5 Å². The Bertz CT molecular complexity index is 2280. The Balaban J connectivity index is 0.000000203. The van der Waals surface area contributed by atoms with Gasteiger partial charge in [-0.05, 0) is 63.4 Å². The number of benzene rings is 2. The molecule has 1 aliphatic rings. The van der Waals surface area contributed by atoms with E-state index < -0.39 is 24.1 Å². The van der Waals surface area contributed by atoms with Crippen LogP contribution in [0.15, 0.2) is 85.2 Å². The number of carboxylic acid groups (broad SMARTS) is 2. The zero-order chi connectivity index (χ0) is 45.7. The number of fused-ring (bicyclic) bond motifs is 2. The first-order valence-corrected chi connectivity index (χ1v) is 21.8. The average Bonchev–Trinajstić information content (AvgIpc) is 3.78. The van der Waals surface area contributed by atoms with Crippen LogP contribution in [0.2, 0.25) is 6.04 Å². The number of aryl methyl sites for hydroxylation is 4. The largest absolute Gasteiger partial charge is 0.479 e. The molecular weight excluding hydrogens is 809 g/mol. The van der Waals surface area contributed by atoms with Crippen molar-refractivity contribution in [3.63, 3.8) is 0 Å². The van der Waals surface area contributed by atoms with Gasteiger partial charge in [0, 0.05) is 58.3 Å². The summed E-state index contributed by atoms with van der Waals surface area (Å²) in [5.41, 5.74) is 12.2. The van der Waals surface area contributed by atoms with E-state index in [2.05, 4.69) is 62.4 Å². The highest BCUT2D eigenvalue weighted by molar-refractivity contribution is 6.27. The summed E-state index contributed by atoms with van der Waals surface area (Å²) in [6.45, 7) is 9.28. The number of likely N-dealkylation sites (N-methyl/N-ethyl adjacent to an activating group) is 2. The monoisotopic (exact) mass is 866 g/mol. The number of rotatable bonds is 9. The van der Waals surface area contributed by atoms with Crippen molar-refractivity contribution in [2.45, 2.75) is 71.6 Å². The van der Waals surface area contributed by atoms with Crippen LogP contribution in [0.1, 0.15) is 46.5 Å². The van der Waals surface area contributed by atoms with Crippen molar-refractivity contribution in [1.29, 1.82) is 0 Å². The maximum absolute atomic E-state index is 12.3. The molecule has 2 aromatic carbocycles. The number of hydrogen-bond donors (Lipinski definition) is 4. The summed E-state index contributed by atoms with van der Waals surface area (Å²) < 4.78 is 9.28. The molecule has 6 aromatic rings. The van der Waals surface area contributed by atoms with Gasteiger partial charge in [-0.25, -0.2) is 19.6 Å². The number of amides is 2. The van der Waals surface area contributed by atoms with Crippen molar-refractivity contribution < 1.29 is 44.0 Å². The molecule has 0 radical (unpaired) electrons. The first kappa shape index (κ1) is 48.5. The highest BCUT2D eigenvalue weighted by atomic mass is 28.2. The molecule has 7 rings (SSSR count). The lowest BCUT2D eigenvalue weighted by molar-refractivity contribution is -0.165. The Morgan fingerprint density at radius 3 is 1.26 bits per heavy atom. The molecule has 62 heavy (non-hydrogen) atoms. The summed E-state index contributed by atoms with van der Waals surface area (Å²) in [6, 6.07) is 26.0. The van der Waals surface area contributed by atoms with Crippen molar-refractivity contribution >= 4 is 44.8 Å². The van der Waals surface area contributed by atoms with E-state index in [1.807, 2.05) is 59.3 Å². The fourth-order valence-corrected chi connectivity index (χ4v) is 7.35. The van der Waals surface area contributed by atoms with Crippen LogP contribution in [-0.4, -0.2) is 130 Å². The van der Waals surface area contributed by atoms with Gasteiger partial charge >= 0.3 is 11.9 Å². The first-order chi connectivity index (χ1) is 29.4. The predicted octanol–water partition coefficient (Wildman–Crippen LogP) is 4.67. The van der Waals surface area contributed by atoms with Gasteiger partial charge in [-0.15, -0.1) is 0 Å². The van der Waals surface area contributed by atoms with Gasteiger partial charge in [0.2, 0.25) is 11.8 Å². The van der Waals surface area contributed by atoms with E-state index in [9.17, 15) is 19.2 Å². The maximum atomic E-state index is 12.3. The number of carbonyl (C=O) groups is 4. The molecule has 2 atom stereocenters. The molecule has 2 unspecified atom stereocenters. The minimum absolute atomic E-state index is 0.00849. The SMILES string of the molecule is C1CC[SiH2]OC1.Cc1ccc(-c2nc3ccc(C)cn3c2CC(=O)N(C)C)cc1.Cc1ccc(-c2nc3ccc(C)cn3c2CC(=O)N(C)C)cc1.O=C(O)C(O)C(O)C(=O)O. The fourth-order valence-electron chi connectivity index (χ4n) is 6.18. The van der Waals surface area contributed by atoms with Gasteiger partial charge in [0.15, 0.2) is 22.0 Å². The Hall–Kier alpha value is -6.20. The molecule has 2 amide bonds. The number of carbonyl (C=O) groups excluding carboxylic acids is 2. The second-order valence-corrected chi connectivity index (χ2v) is 17.1. The number of imidazole rings is 2. The van der Waals surface area contributed by atoms with Gasteiger partial charge in [0.25, 0.3) is 0 Å². The van der Waals surface area contributed by atoms with Crippen LogP contribution in [0, 0.1) is 27.7 Å². The quantitative estimate of drug-likeness (QED) is 0.147. The highest BCUT2D eigenvalue weighted by Gasteiger charge is 2.29. The molecule has 16 heteroatoms. The first-order valence-electron chi connectivity index (χ1n) is 20.3. The van der Waals surface area contributed by atoms with Crippen LogP contribution in [0.25, 0.3) is 33.8 Å². The number of nitrogens with zero attached hydrogens (tertiary/aromatic N) is 6. The zero-order valence-electron chi connectivity index (χ0n) is 36.7. The number of aliphatic carboxylic acids is 2. The Morgan fingerprint density at radius 2 is 0.984 bits per heavy atom. The third-order valence-electron chi connectivity index (χ3n) is 9.90. The van der Waals surface area contributed by atoms with Crippen LogP contribution in [0.3, 0.4) is 0 Å². The van der Waals surface area contributed by atoms with Crippen molar-refractivity contribution in [2.75, 3.05) is 34.8 Å². The summed E-state index contributed by atoms with van der Waals surface area (Å²) >= 11 is 0. The Labute approximate surface area is 364 Å². The molecule has 4 aromatic heterocycles. The average molecular weight is 867 g/mol. The molecule has 330 valence electrons. The van der Waals surface area contributed by atoms with Gasteiger partial charge in [-0.2, -0.15) is 0 Å². The molecule has 0 saturated carbocycles. The standard InChI is InChI=1S/2C19H21N3O.C4H6O6.C4H10OSi/c2*1-13-5-8-15(9-6-13)19-16(11-18(23)21(3)4)22-12-14(2)7-10-17(22)20-19;5-1(3(7)8)2(6)4(9)10;1-2-4-6-5-3-1/h2*5-10,12H,11H2,1-4H3;1-2,5-6H,(H,7,8)(H,9,10);1-4,6H2. The lowest BCUT2D eigenvalue weighted by Gasteiger charge is -2.11. The van der Waals surface area contributed by atoms with Gasteiger partial charge in [0.05, 0.1) is 35.6 Å². The number of hydrogen-bond acceptors (Lipinski definition) is 9. The van der Waals surface area contributed by atoms with Gasteiger partial charge in [0.1, 0.15) is 11.3 Å². The molecule has 15 nitrogen and oxygen atoms in total. The normalized spacial score (nSPS) is 13.4. The molecule has 0 spiro atoms. The molecule has 4 N–H and O–H groups in total. The van der Waals surface area contributed by atoms with E-state index in [-0.39, 0.29) is 21.6 Å². The zero-order valence-corrected chi connectivity index (χ0v) is 38.1. The second kappa shape index (κ2) is 22.6. The van der Waals surface area contributed by atoms with Gasteiger partial charge in [-0.3, -0.25) is 9.59 Å². The van der Waals surface area contributed by atoms with E-state index in [4.69, 9.17) is 34.8 Å². The minimum atomic E-state index is -2.27. The highest BCUT2D eigenvalue weighted by Crippen LogP contribution is 2.27. The summed E-state index contributed by atoms with van der Waals surface area (Å²) in [4.78, 5) is 56.8. The topological polar surface area (TPSA) is 200 Å². The number of aliphatic hydroxyl groups excluding tert-OH is 2. The Kier molecular flexibility index (Phi) is 17.7. The second-order valence-electron chi connectivity index (χ2n) is 15.6. The molecule has 1 aliphatic heterocycles. The Morgan fingerprint density at radius 1 is 0.613 bits per heavy atom. The van der Waals surface area contributed by atoms with Crippen LogP contribution >= 0.6 is 0 Å². The lowest BCUT2D eigenvalue weighted by atomic mass is 10.1. The molecule has 1 saturated heterocycles. The third kappa shape index (κ3) is 13.4. The maximum Gasteiger partial charge on any atom is 0.335 e. The summed E-state index contributed by atoms with van der Waals surface area (Å²) in [5.74, 6) is -3.40. The summed E-state index contributed by atoms with van der Waals surface area (Å²) in [7, 11) is 7.13. The summed E-state index contributed by atoms with van der Waals surface area (Å²) in [6.07, 6.45) is 2.97. The van der Waals surface area contributed by atoms with Crippen LogP contribution in [-0.2, 0) is 36.4 Å². The molecular formula is C46H58N6O9Si. The minimum Gasteiger partial charge on any atom is -0.479 e. The van der Waals surface area contributed by atoms with E-state index >= 15 is 0 Å². The van der Waals surface area contributed by atoms with Crippen LogP contribution < -0.4 is 0 Å². The van der Waals surface area contributed by atoms with E-state index in [1.54, 1.807) is 38.0 Å². The molecule has 0 bridgehead atoms. The lowest BCUT2D eigenvalue weighted by Crippen LogP contribution is -2.39. The molecule has 1 fully saturated rings. The number of aromatic nitrogens is 4. The van der Waals surface area contributed by atoms with E-state index in [0.29, 0.717) is 12.8 Å². The molecule has 5 heterocycles. The molecule has 0 aliphatic carbocycles. The van der Waals surface area contributed by atoms with Crippen molar-refractivity contribution in [3.8, 4) is 22.5 Å². The smallest absolute Gasteiger partial charge is 0.335 e. The van der Waals surface area contributed by atoms with Crippen molar-refractivity contribution in [3.05, 3.63) is 119 Å². The number of pyridine rings is 2. The summed E-state index contributed by atoms with van der Waals surface area (Å²) in [5, 5.41) is 32.5. The fraction of sp³-hybridized carbons (Fsp3) is 0.348. The van der Waals surface area contributed by atoms with Gasteiger partial charge in [-0.1, -0.05) is 78.2 Å². The van der Waals surface area contributed by atoms with Crippen molar-refractivity contribution in [2.24, 2.45) is 0 Å². The van der Waals surface area contributed by atoms with Crippen LogP contribution in [0.5, 0.6) is 0 Å². The van der Waals surface area contributed by atoms with Crippen LogP contribution in [0.4, 0.5) is 0 Å². The van der Waals surface area contributed by atoms with E-state index in [0.717, 1.165) is 62.9 Å². The number of carboxylic acids is 2. The number of aliphatic hydroxyl groups is 2. The third-order valence-corrected chi connectivity index (χ3v) is 11.3.